The van der Waals surface area contributed by atoms with Crippen molar-refractivity contribution in [2.24, 2.45) is 5.92 Å². The largest absolute Gasteiger partial charge is 0.457 e. The van der Waals surface area contributed by atoms with Crippen LogP contribution in [0.1, 0.15) is 26.2 Å². The maximum Gasteiger partial charge on any atom is 0.163 e. The molecule has 1 atom stereocenters. The smallest absolute Gasteiger partial charge is 0.163 e. The van der Waals surface area contributed by atoms with Gasteiger partial charge in [-0.25, -0.2) is 0 Å². The van der Waals surface area contributed by atoms with Gasteiger partial charge in [-0.1, -0.05) is 25.1 Å². The topological polar surface area (TPSA) is 38.3 Å². The van der Waals surface area contributed by atoms with Crippen molar-refractivity contribution in [1.29, 1.82) is 0 Å². The summed E-state index contributed by atoms with van der Waals surface area (Å²) in [5.74, 6) is 2.03. The minimum atomic E-state index is 0.151. The molecule has 0 unspecified atom stereocenters. The molecule has 1 fully saturated rings. The Morgan fingerprint density at radius 2 is 1.74 bits per heavy atom. The number of benzene rings is 2. The van der Waals surface area contributed by atoms with Crippen LogP contribution in [0, 0.1) is 5.92 Å². The first-order valence-electron chi connectivity index (χ1n) is 8.05. The summed E-state index contributed by atoms with van der Waals surface area (Å²) in [4.78, 5) is 12.1. The zero-order chi connectivity index (χ0) is 16.1. The Bertz CT molecular complexity index is 689. The number of anilines is 1. The van der Waals surface area contributed by atoms with Crippen LogP contribution in [0.4, 0.5) is 5.69 Å². The number of carbonyl (C=O) groups is 1. The molecule has 23 heavy (non-hydrogen) atoms. The summed E-state index contributed by atoms with van der Waals surface area (Å²) in [6.07, 6.45) is 4.81. The van der Waals surface area contributed by atoms with Gasteiger partial charge in [0.05, 0.1) is 0 Å². The monoisotopic (exact) mass is 307 g/mol. The van der Waals surface area contributed by atoms with Gasteiger partial charge >= 0.3 is 0 Å². The Labute approximate surface area is 137 Å². The molecule has 3 rings (SSSR count). The summed E-state index contributed by atoms with van der Waals surface area (Å²) >= 11 is 0. The molecule has 3 heteroatoms. The van der Waals surface area contributed by atoms with Gasteiger partial charge in [-0.05, 0) is 55.7 Å². The first-order valence-corrected chi connectivity index (χ1v) is 8.05. The number of allylic oxidation sites excluding steroid dienone is 1. The molecule has 0 radical (unpaired) electrons. The van der Waals surface area contributed by atoms with Crippen molar-refractivity contribution in [2.75, 3.05) is 5.32 Å². The second-order valence-corrected chi connectivity index (χ2v) is 5.91. The van der Waals surface area contributed by atoms with E-state index in [0.29, 0.717) is 0 Å². The van der Waals surface area contributed by atoms with E-state index in [-0.39, 0.29) is 11.7 Å². The number of ether oxygens (including phenoxy) is 1. The third kappa shape index (κ3) is 4.01. The van der Waals surface area contributed by atoms with Crippen LogP contribution in [0.15, 0.2) is 66.4 Å². The molecule has 118 valence electrons. The van der Waals surface area contributed by atoms with E-state index < -0.39 is 0 Å². The Morgan fingerprint density at radius 1 is 1.04 bits per heavy atom. The van der Waals surface area contributed by atoms with Crippen LogP contribution < -0.4 is 10.1 Å². The van der Waals surface area contributed by atoms with E-state index in [0.717, 1.165) is 42.0 Å². The van der Waals surface area contributed by atoms with Gasteiger partial charge in [0, 0.05) is 23.4 Å². The zero-order valence-electron chi connectivity index (χ0n) is 13.3. The third-order valence-electron chi connectivity index (χ3n) is 4.09. The molecule has 1 aliphatic rings. The van der Waals surface area contributed by atoms with E-state index in [1.807, 2.05) is 67.7 Å². The summed E-state index contributed by atoms with van der Waals surface area (Å²) in [6, 6.07) is 17.4. The first-order chi connectivity index (χ1) is 11.2. The molecular formula is C20H21NO2. The molecule has 1 saturated carbocycles. The number of hydrogen-bond acceptors (Lipinski definition) is 3. The van der Waals surface area contributed by atoms with Gasteiger partial charge < -0.3 is 10.1 Å². The zero-order valence-corrected chi connectivity index (χ0v) is 13.3. The summed E-state index contributed by atoms with van der Waals surface area (Å²) < 4.78 is 5.76. The molecule has 0 saturated heterocycles. The standard InChI is InChI=1S/C20H21NO2/c1-15-6-5-7-16(20(15)22)14-21-17-10-12-19(13-11-17)23-18-8-3-2-4-9-18/h2-4,8-15,21H,5-7H2,1H3/b16-14-/t15-/m0/s1. The maximum absolute atomic E-state index is 12.1. The highest BCUT2D eigenvalue weighted by molar-refractivity contribution is 5.97. The lowest BCUT2D eigenvalue weighted by Crippen LogP contribution is -2.19. The van der Waals surface area contributed by atoms with Crippen LogP contribution in [0.3, 0.4) is 0 Å². The molecule has 0 aromatic heterocycles. The third-order valence-corrected chi connectivity index (χ3v) is 4.09. The number of para-hydroxylation sites is 1. The molecule has 3 nitrogen and oxygen atoms in total. The van der Waals surface area contributed by atoms with Crippen LogP contribution >= 0.6 is 0 Å². The van der Waals surface area contributed by atoms with E-state index in [9.17, 15) is 4.79 Å². The van der Waals surface area contributed by atoms with Crippen LogP contribution in [0.2, 0.25) is 0 Å². The van der Waals surface area contributed by atoms with E-state index in [2.05, 4.69) is 5.32 Å². The second kappa shape index (κ2) is 7.14. The number of rotatable bonds is 4. The van der Waals surface area contributed by atoms with Crippen molar-refractivity contribution >= 4 is 11.5 Å². The average Bonchev–Trinajstić information content (AvgIpc) is 2.58. The van der Waals surface area contributed by atoms with Crippen LogP contribution in [-0.4, -0.2) is 5.78 Å². The fourth-order valence-electron chi connectivity index (χ4n) is 2.73. The normalized spacial score (nSPS) is 19.6. The Balaban J connectivity index is 1.62. The second-order valence-electron chi connectivity index (χ2n) is 5.91. The number of ketones is 1. The van der Waals surface area contributed by atoms with Gasteiger partial charge in [0.1, 0.15) is 11.5 Å². The first kappa shape index (κ1) is 15.3. The Hall–Kier alpha value is -2.55. The van der Waals surface area contributed by atoms with E-state index in [1.165, 1.54) is 0 Å². The van der Waals surface area contributed by atoms with Gasteiger partial charge in [0.2, 0.25) is 0 Å². The van der Waals surface area contributed by atoms with Gasteiger partial charge in [-0.2, -0.15) is 0 Å². The van der Waals surface area contributed by atoms with E-state index in [4.69, 9.17) is 4.74 Å². The number of nitrogens with one attached hydrogen (secondary N) is 1. The highest BCUT2D eigenvalue weighted by Gasteiger charge is 2.22. The molecule has 0 aliphatic heterocycles. The molecule has 0 heterocycles. The van der Waals surface area contributed by atoms with Crippen molar-refractivity contribution in [3.8, 4) is 11.5 Å². The molecular weight excluding hydrogens is 286 g/mol. The Morgan fingerprint density at radius 3 is 2.48 bits per heavy atom. The fourth-order valence-corrected chi connectivity index (χ4v) is 2.73. The Kier molecular flexibility index (Phi) is 4.77. The predicted molar refractivity (Wildman–Crippen MR) is 92.7 cm³/mol. The predicted octanol–water partition coefficient (Wildman–Crippen LogP) is 5.16. The molecule has 2 aromatic rings. The number of hydrogen-bond donors (Lipinski definition) is 1. The molecule has 1 aliphatic carbocycles. The van der Waals surface area contributed by atoms with E-state index in [1.54, 1.807) is 0 Å². The summed E-state index contributed by atoms with van der Waals surface area (Å²) in [6.45, 7) is 2.01. The summed E-state index contributed by atoms with van der Waals surface area (Å²) in [5, 5.41) is 3.22. The lowest BCUT2D eigenvalue weighted by molar-refractivity contribution is -0.119. The number of carbonyl (C=O) groups excluding carboxylic acids is 1. The van der Waals surface area contributed by atoms with Crippen LogP contribution in [0.25, 0.3) is 0 Å². The average molecular weight is 307 g/mol. The highest BCUT2D eigenvalue weighted by Crippen LogP contribution is 2.26. The maximum atomic E-state index is 12.1. The van der Waals surface area contributed by atoms with Crippen LogP contribution in [0.5, 0.6) is 11.5 Å². The lowest BCUT2D eigenvalue weighted by Gasteiger charge is -2.19. The van der Waals surface area contributed by atoms with Gasteiger partial charge in [-0.15, -0.1) is 0 Å². The van der Waals surface area contributed by atoms with Gasteiger partial charge in [-0.3, -0.25) is 4.79 Å². The van der Waals surface area contributed by atoms with Crippen molar-refractivity contribution in [3.05, 3.63) is 66.4 Å². The van der Waals surface area contributed by atoms with Crippen molar-refractivity contribution in [3.63, 3.8) is 0 Å². The minimum absolute atomic E-state index is 0.151. The van der Waals surface area contributed by atoms with Crippen molar-refractivity contribution in [1.82, 2.24) is 0 Å². The molecule has 0 spiro atoms. The van der Waals surface area contributed by atoms with Crippen molar-refractivity contribution in [2.45, 2.75) is 26.2 Å². The molecule has 1 N–H and O–H groups in total. The molecule has 0 amide bonds. The van der Waals surface area contributed by atoms with Gasteiger partial charge in [0.25, 0.3) is 0 Å². The summed E-state index contributed by atoms with van der Waals surface area (Å²) in [5.41, 5.74) is 1.84. The SMILES string of the molecule is C[C@H]1CCC/C(=C/Nc2ccc(Oc3ccccc3)cc2)C1=O. The van der Waals surface area contributed by atoms with E-state index >= 15 is 0 Å². The van der Waals surface area contributed by atoms with Crippen LogP contribution in [-0.2, 0) is 4.79 Å². The van der Waals surface area contributed by atoms with Gasteiger partial charge in [0.15, 0.2) is 5.78 Å². The summed E-state index contributed by atoms with van der Waals surface area (Å²) in [7, 11) is 0. The quantitative estimate of drug-likeness (QED) is 0.792. The lowest BCUT2D eigenvalue weighted by atomic mass is 9.86. The van der Waals surface area contributed by atoms with Crippen molar-refractivity contribution < 1.29 is 9.53 Å². The molecule has 0 bridgehead atoms. The fraction of sp³-hybridized carbons (Fsp3) is 0.250. The minimum Gasteiger partial charge on any atom is -0.457 e. The molecule has 2 aromatic carbocycles. The highest BCUT2D eigenvalue weighted by atomic mass is 16.5. The number of Topliss-reactive ketones (excluding diaryl/α,β-unsaturated/α-hetero) is 1.